The molecule has 2 N–H and O–H groups in total. The maximum absolute atomic E-state index is 9.41. The van der Waals surface area contributed by atoms with Crippen molar-refractivity contribution in [3.8, 4) is 0 Å². The number of hydrogen-bond donors (Lipinski definition) is 2. The number of aliphatic hydroxyl groups is 2. The van der Waals surface area contributed by atoms with Crippen LogP contribution in [0.3, 0.4) is 0 Å². The highest BCUT2D eigenvalue weighted by Gasteiger charge is 2.32. The lowest BCUT2D eigenvalue weighted by Crippen LogP contribution is -2.48. The average molecular weight is 208 g/mol. The summed E-state index contributed by atoms with van der Waals surface area (Å²) < 4.78 is 15.2. The van der Waals surface area contributed by atoms with Gasteiger partial charge in [-0.05, 0) is 6.92 Å². The van der Waals surface area contributed by atoms with Gasteiger partial charge in [-0.1, -0.05) is 0 Å². The first-order valence-electron chi connectivity index (χ1n) is 4.49. The summed E-state index contributed by atoms with van der Waals surface area (Å²) in [5.41, 5.74) is 0. The third-order valence-corrected chi connectivity index (χ3v) is 2.19. The Morgan fingerprint density at radius 1 is 1.00 bits per heavy atom. The number of rotatable bonds is 7. The molecule has 0 heterocycles. The molecular weight excluding hydrogens is 188 g/mol. The molecule has 0 aromatic rings. The SMILES string of the molecule is COC(CO)C(OC)C(OC)C(C)O. The molecule has 0 amide bonds. The van der Waals surface area contributed by atoms with Crippen LogP contribution < -0.4 is 0 Å². The number of methoxy groups -OCH3 is 3. The van der Waals surface area contributed by atoms with E-state index in [1.807, 2.05) is 0 Å². The van der Waals surface area contributed by atoms with Gasteiger partial charge in [0.05, 0.1) is 12.7 Å². The molecule has 0 radical (unpaired) electrons. The van der Waals surface area contributed by atoms with Crippen molar-refractivity contribution in [1.29, 1.82) is 0 Å². The molecule has 0 saturated heterocycles. The molecule has 0 aromatic heterocycles. The summed E-state index contributed by atoms with van der Waals surface area (Å²) in [6.45, 7) is 1.42. The molecule has 0 saturated carbocycles. The van der Waals surface area contributed by atoms with Crippen molar-refractivity contribution in [2.75, 3.05) is 27.9 Å². The summed E-state index contributed by atoms with van der Waals surface area (Å²) >= 11 is 0. The smallest absolute Gasteiger partial charge is 0.114 e. The van der Waals surface area contributed by atoms with Gasteiger partial charge in [-0.2, -0.15) is 0 Å². The molecule has 0 aromatic carbocycles. The lowest BCUT2D eigenvalue weighted by molar-refractivity contribution is -0.147. The largest absolute Gasteiger partial charge is 0.394 e. The molecule has 5 heteroatoms. The van der Waals surface area contributed by atoms with E-state index in [9.17, 15) is 5.11 Å². The van der Waals surface area contributed by atoms with E-state index < -0.39 is 24.4 Å². The van der Waals surface area contributed by atoms with E-state index in [-0.39, 0.29) is 6.61 Å². The van der Waals surface area contributed by atoms with Gasteiger partial charge in [-0.3, -0.25) is 0 Å². The number of hydrogen-bond acceptors (Lipinski definition) is 5. The molecule has 0 spiro atoms. The molecule has 0 bridgehead atoms. The van der Waals surface area contributed by atoms with Crippen molar-refractivity contribution >= 4 is 0 Å². The summed E-state index contributed by atoms with van der Waals surface area (Å²) in [4.78, 5) is 0. The first kappa shape index (κ1) is 13.8. The summed E-state index contributed by atoms with van der Waals surface area (Å²) in [5, 5.41) is 18.4. The van der Waals surface area contributed by atoms with Gasteiger partial charge in [0, 0.05) is 21.3 Å². The van der Waals surface area contributed by atoms with Gasteiger partial charge in [0.2, 0.25) is 0 Å². The first-order chi connectivity index (χ1) is 6.62. The van der Waals surface area contributed by atoms with Crippen LogP contribution >= 0.6 is 0 Å². The van der Waals surface area contributed by atoms with Crippen LogP contribution in [0.2, 0.25) is 0 Å². The molecule has 14 heavy (non-hydrogen) atoms. The second kappa shape index (κ2) is 7.14. The Labute approximate surface area is 84.6 Å². The summed E-state index contributed by atoms with van der Waals surface area (Å²) in [7, 11) is 4.44. The Kier molecular flexibility index (Phi) is 7.04. The monoisotopic (exact) mass is 208 g/mol. The third-order valence-electron chi connectivity index (χ3n) is 2.19. The average Bonchev–Trinajstić information content (AvgIpc) is 2.17. The Bertz CT molecular complexity index is 135. The van der Waals surface area contributed by atoms with E-state index in [1.54, 1.807) is 6.92 Å². The summed E-state index contributed by atoms with van der Waals surface area (Å²) in [6.07, 6.45) is -2.19. The molecule has 0 rings (SSSR count). The van der Waals surface area contributed by atoms with E-state index in [0.717, 1.165) is 0 Å². The highest BCUT2D eigenvalue weighted by Crippen LogP contribution is 2.13. The number of aliphatic hydroxyl groups excluding tert-OH is 2. The summed E-state index contributed by atoms with van der Waals surface area (Å²) in [5.74, 6) is 0. The van der Waals surface area contributed by atoms with E-state index in [0.29, 0.717) is 0 Å². The van der Waals surface area contributed by atoms with Gasteiger partial charge in [0.1, 0.15) is 18.3 Å². The fourth-order valence-corrected chi connectivity index (χ4v) is 1.42. The van der Waals surface area contributed by atoms with Crippen LogP contribution in [0.5, 0.6) is 0 Å². The van der Waals surface area contributed by atoms with Crippen molar-refractivity contribution in [2.45, 2.75) is 31.3 Å². The second-order valence-electron chi connectivity index (χ2n) is 3.10. The maximum Gasteiger partial charge on any atom is 0.114 e. The van der Waals surface area contributed by atoms with E-state index in [4.69, 9.17) is 19.3 Å². The molecule has 0 aliphatic heterocycles. The highest BCUT2D eigenvalue weighted by atomic mass is 16.6. The fourth-order valence-electron chi connectivity index (χ4n) is 1.42. The van der Waals surface area contributed by atoms with Gasteiger partial charge < -0.3 is 24.4 Å². The van der Waals surface area contributed by atoms with Crippen LogP contribution in [0.4, 0.5) is 0 Å². The predicted molar refractivity (Wildman–Crippen MR) is 51.2 cm³/mol. The minimum Gasteiger partial charge on any atom is -0.394 e. The zero-order chi connectivity index (χ0) is 11.1. The first-order valence-corrected chi connectivity index (χ1v) is 4.49. The normalized spacial score (nSPS) is 20.1. The van der Waals surface area contributed by atoms with Gasteiger partial charge >= 0.3 is 0 Å². The van der Waals surface area contributed by atoms with Crippen molar-refractivity contribution in [1.82, 2.24) is 0 Å². The quantitative estimate of drug-likeness (QED) is 0.585. The van der Waals surface area contributed by atoms with Gasteiger partial charge in [0.25, 0.3) is 0 Å². The maximum atomic E-state index is 9.41. The van der Waals surface area contributed by atoms with Gasteiger partial charge in [0.15, 0.2) is 0 Å². The Balaban J connectivity index is 4.48. The minimum absolute atomic E-state index is 0.179. The van der Waals surface area contributed by atoms with Crippen LogP contribution in [0, 0.1) is 0 Å². The Hall–Kier alpha value is -0.200. The topological polar surface area (TPSA) is 68.2 Å². The van der Waals surface area contributed by atoms with Crippen LogP contribution in [0.15, 0.2) is 0 Å². The molecule has 0 fully saturated rings. The molecule has 5 nitrogen and oxygen atoms in total. The van der Waals surface area contributed by atoms with Crippen LogP contribution in [0.25, 0.3) is 0 Å². The van der Waals surface area contributed by atoms with Crippen LogP contribution in [0.1, 0.15) is 6.92 Å². The molecule has 0 aliphatic carbocycles. The fraction of sp³-hybridized carbons (Fsp3) is 1.00. The molecule has 0 aliphatic rings. The summed E-state index contributed by atoms with van der Waals surface area (Å²) in [6, 6.07) is 0. The molecule has 4 atom stereocenters. The minimum atomic E-state index is -0.686. The predicted octanol–water partition coefficient (Wildman–Crippen LogP) is -0.596. The van der Waals surface area contributed by atoms with Crippen LogP contribution in [-0.2, 0) is 14.2 Å². The van der Waals surface area contributed by atoms with E-state index in [1.165, 1.54) is 21.3 Å². The Morgan fingerprint density at radius 3 is 1.71 bits per heavy atom. The lowest BCUT2D eigenvalue weighted by Gasteiger charge is -2.31. The van der Waals surface area contributed by atoms with E-state index >= 15 is 0 Å². The van der Waals surface area contributed by atoms with Crippen molar-refractivity contribution in [2.24, 2.45) is 0 Å². The molecule has 4 unspecified atom stereocenters. The zero-order valence-electron chi connectivity index (χ0n) is 9.14. The van der Waals surface area contributed by atoms with E-state index in [2.05, 4.69) is 0 Å². The molecule has 86 valence electrons. The molecular formula is C9H20O5. The standard InChI is InChI=1S/C9H20O5/c1-6(11)8(13-3)9(14-4)7(5-10)12-2/h6-11H,5H2,1-4H3. The van der Waals surface area contributed by atoms with Gasteiger partial charge in [-0.15, -0.1) is 0 Å². The second-order valence-corrected chi connectivity index (χ2v) is 3.10. The van der Waals surface area contributed by atoms with Crippen molar-refractivity contribution < 1.29 is 24.4 Å². The third kappa shape index (κ3) is 3.51. The van der Waals surface area contributed by atoms with Crippen molar-refractivity contribution in [3.63, 3.8) is 0 Å². The zero-order valence-corrected chi connectivity index (χ0v) is 9.14. The Morgan fingerprint density at radius 2 is 1.50 bits per heavy atom. The lowest BCUT2D eigenvalue weighted by atomic mass is 10.0. The van der Waals surface area contributed by atoms with Crippen LogP contribution in [-0.4, -0.2) is 62.6 Å². The number of ether oxygens (including phenoxy) is 3. The highest BCUT2D eigenvalue weighted by molar-refractivity contribution is 4.82. The van der Waals surface area contributed by atoms with Gasteiger partial charge in [-0.25, -0.2) is 0 Å². The van der Waals surface area contributed by atoms with Crippen molar-refractivity contribution in [3.05, 3.63) is 0 Å².